The summed E-state index contributed by atoms with van der Waals surface area (Å²) in [5.41, 5.74) is 10.5. The van der Waals surface area contributed by atoms with Crippen molar-refractivity contribution in [1.82, 2.24) is 9.88 Å². The summed E-state index contributed by atoms with van der Waals surface area (Å²) in [7, 11) is 0. The van der Waals surface area contributed by atoms with Crippen LogP contribution in [0.5, 0.6) is 11.5 Å². The third kappa shape index (κ3) is 6.07. The van der Waals surface area contributed by atoms with Crippen LogP contribution >= 0.6 is 0 Å². The van der Waals surface area contributed by atoms with Gasteiger partial charge in [0.1, 0.15) is 17.6 Å². The molecular formula is C32H31N3O5. The normalized spacial score (nSPS) is 16.4. The monoisotopic (exact) mass is 537 g/mol. The van der Waals surface area contributed by atoms with E-state index in [2.05, 4.69) is 4.98 Å². The first kappa shape index (κ1) is 26.7. The molecule has 1 fully saturated rings. The minimum absolute atomic E-state index is 0.150. The zero-order valence-electron chi connectivity index (χ0n) is 22.4. The van der Waals surface area contributed by atoms with E-state index in [1.807, 2.05) is 85.8 Å². The number of carbonyl (C=O) groups excluding carboxylic acids is 2. The van der Waals surface area contributed by atoms with Crippen LogP contribution in [0, 0.1) is 0 Å². The second-order valence-electron chi connectivity index (χ2n) is 9.61. The molecule has 1 amide bonds. The maximum absolute atomic E-state index is 13.0. The number of pyridine rings is 1. The van der Waals surface area contributed by atoms with Gasteiger partial charge in [-0.2, -0.15) is 0 Å². The standard InChI is InChI=1S/C32H31N3O5/c1-3-38-30(36)17-22-8-7-11-27(16-22)39-29-15-12-24(28-14-13-26(33)19-34-28)18-25(29)20-35-21(2)31(40-32(35)37)23-9-5-4-6-10-23/h4-16,18-19,21,31H,3,17,20,33H2,1-2H3/t21-,31-/m0/s1. The zero-order valence-corrected chi connectivity index (χ0v) is 22.4. The first-order chi connectivity index (χ1) is 19.4. The number of carbonyl (C=O) groups is 2. The molecule has 8 heteroatoms. The number of rotatable bonds is 9. The number of cyclic esters (lactones) is 1. The number of nitrogen functional groups attached to an aromatic ring is 1. The van der Waals surface area contributed by atoms with E-state index in [1.54, 1.807) is 24.1 Å². The van der Waals surface area contributed by atoms with Crippen molar-refractivity contribution >= 4 is 17.7 Å². The number of hydrogen-bond donors (Lipinski definition) is 1. The Morgan fingerprint density at radius 1 is 1.02 bits per heavy atom. The topological polar surface area (TPSA) is 104 Å². The van der Waals surface area contributed by atoms with E-state index in [-0.39, 0.29) is 37.2 Å². The van der Waals surface area contributed by atoms with Gasteiger partial charge in [-0.1, -0.05) is 42.5 Å². The van der Waals surface area contributed by atoms with E-state index in [0.717, 1.165) is 27.9 Å². The van der Waals surface area contributed by atoms with E-state index in [0.29, 0.717) is 23.8 Å². The summed E-state index contributed by atoms with van der Waals surface area (Å²) in [6.45, 7) is 4.36. The number of anilines is 1. The molecule has 1 aliphatic rings. The van der Waals surface area contributed by atoms with Gasteiger partial charge in [-0.25, -0.2) is 4.79 Å². The van der Waals surface area contributed by atoms with E-state index >= 15 is 0 Å². The Kier molecular flexibility index (Phi) is 7.96. The number of ether oxygens (including phenoxy) is 3. The van der Waals surface area contributed by atoms with Crippen molar-refractivity contribution in [2.45, 2.75) is 39.0 Å². The van der Waals surface area contributed by atoms with Crippen molar-refractivity contribution in [1.29, 1.82) is 0 Å². The fourth-order valence-electron chi connectivity index (χ4n) is 4.75. The first-order valence-corrected chi connectivity index (χ1v) is 13.2. The van der Waals surface area contributed by atoms with Gasteiger partial charge in [-0.15, -0.1) is 0 Å². The lowest BCUT2D eigenvalue weighted by Gasteiger charge is -2.23. The smallest absolute Gasteiger partial charge is 0.411 e. The molecule has 3 aromatic carbocycles. The van der Waals surface area contributed by atoms with Gasteiger partial charge in [0.15, 0.2) is 0 Å². The molecular weight excluding hydrogens is 506 g/mol. The number of aromatic nitrogens is 1. The van der Waals surface area contributed by atoms with Gasteiger partial charge in [-0.05, 0) is 67.4 Å². The molecule has 1 saturated heterocycles. The molecule has 2 heterocycles. The lowest BCUT2D eigenvalue weighted by Crippen LogP contribution is -2.31. The molecule has 5 rings (SSSR count). The number of nitrogens with two attached hydrogens (primary N) is 1. The predicted octanol–water partition coefficient (Wildman–Crippen LogP) is 6.31. The molecule has 1 aliphatic heterocycles. The van der Waals surface area contributed by atoms with Crippen molar-refractivity contribution in [2.24, 2.45) is 0 Å². The van der Waals surface area contributed by atoms with Crippen LogP contribution in [0.4, 0.5) is 10.5 Å². The van der Waals surface area contributed by atoms with Crippen LogP contribution in [0.2, 0.25) is 0 Å². The van der Waals surface area contributed by atoms with E-state index in [1.165, 1.54) is 0 Å². The molecule has 0 spiro atoms. The second-order valence-corrected chi connectivity index (χ2v) is 9.61. The Labute approximate surface area is 233 Å². The fourth-order valence-corrected chi connectivity index (χ4v) is 4.75. The van der Waals surface area contributed by atoms with E-state index in [9.17, 15) is 9.59 Å². The van der Waals surface area contributed by atoms with Gasteiger partial charge in [0.2, 0.25) is 0 Å². The number of nitrogens with zero attached hydrogens (tertiary/aromatic N) is 2. The highest BCUT2D eigenvalue weighted by Crippen LogP contribution is 2.36. The molecule has 2 atom stereocenters. The first-order valence-electron chi connectivity index (χ1n) is 13.2. The van der Waals surface area contributed by atoms with Crippen LogP contribution in [0.1, 0.15) is 36.6 Å². The van der Waals surface area contributed by atoms with Crippen molar-refractivity contribution in [3.05, 3.63) is 108 Å². The molecule has 8 nitrogen and oxygen atoms in total. The Balaban J connectivity index is 1.45. The SMILES string of the molecule is CCOC(=O)Cc1cccc(Oc2ccc(-c3ccc(N)cn3)cc2CN2C(=O)O[C@H](c3ccccc3)[C@@H]2C)c1. The largest absolute Gasteiger partial charge is 0.466 e. The van der Waals surface area contributed by atoms with Gasteiger partial charge >= 0.3 is 12.1 Å². The average molecular weight is 538 g/mol. The maximum Gasteiger partial charge on any atom is 0.411 e. The quantitative estimate of drug-likeness (QED) is 0.250. The van der Waals surface area contributed by atoms with Crippen molar-refractivity contribution in [3.63, 3.8) is 0 Å². The number of esters is 1. The van der Waals surface area contributed by atoms with Crippen LogP contribution in [0.15, 0.2) is 91.1 Å². The van der Waals surface area contributed by atoms with Gasteiger partial charge < -0.3 is 19.9 Å². The number of amides is 1. The number of hydrogen-bond acceptors (Lipinski definition) is 7. The Morgan fingerprint density at radius 3 is 2.60 bits per heavy atom. The van der Waals surface area contributed by atoms with Crippen LogP contribution in [-0.4, -0.2) is 34.6 Å². The van der Waals surface area contributed by atoms with Gasteiger partial charge in [0.05, 0.1) is 43.2 Å². The predicted molar refractivity (Wildman–Crippen MR) is 152 cm³/mol. The molecule has 40 heavy (non-hydrogen) atoms. The molecule has 0 unspecified atom stereocenters. The summed E-state index contributed by atoms with van der Waals surface area (Å²) >= 11 is 0. The van der Waals surface area contributed by atoms with Crippen LogP contribution in [-0.2, 0) is 27.2 Å². The molecule has 0 saturated carbocycles. The molecule has 1 aromatic heterocycles. The summed E-state index contributed by atoms with van der Waals surface area (Å²) in [6, 6.07) is 26.2. The van der Waals surface area contributed by atoms with Crippen LogP contribution in [0.25, 0.3) is 11.3 Å². The molecule has 0 aliphatic carbocycles. The molecule has 4 aromatic rings. The van der Waals surface area contributed by atoms with Crippen molar-refractivity contribution < 1.29 is 23.8 Å². The Hall–Kier alpha value is -4.85. The van der Waals surface area contributed by atoms with Crippen molar-refractivity contribution in [2.75, 3.05) is 12.3 Å². The van der Waals surface area contributed by atoms with E-state index < -0.39 is 0 Å². The molecule has 0 radical (unpaired) electrons. The van der Waals surface area contributed by atoms with Crippen LogP contribution < -0.4 is 10.5 Å². The fraction of sp³-hybridized carbons (Fsp3) is 0.219. The zero-order chi connectivity index (χ0) is 28.1. The summed E-state index contributed by atoms with van der Waals surface area (Å²) in [5.74, 6) is 0.853. The van der Waals surface area contributed by atoms with Crippen molar-refractivity contribution in [3.8, 4) is 22.8 Å². The molecule has 2 N–H and O–H groups in total. The van der Waals surface area contributed by atoms with Gasteiger partial charge in [-0.3, -0.25) is 14.7 Å². The summed E-state index contributed by atoms with van der Waals surface area (Å²) in [5, 5.41) is 0. The Morgan fingerprint density at radius 2 is 1.85 bits per heavy atom. The minimum atomic E-state index is -0.389. The number of benzene rings is 3. The van der Waals surface area contributed by atoms with Gasteiger partial charge in [0, 0.05) is 11.1 Å². The average Bonchev–Trinajstić information content (AvgIpc) is 3.23. The summed E-state index contributed by atoms with van der Waals surface area (Å²) in [4.78, 5) is 31.2. The molecule has 204 valence electrons. The maximum atomic E-state index is 13.0. The summed E-state index contributed by atoms with van der Waals surface area (Å²) in [6.07, 6.45) is 0.996. The lowest BCUT2D eigenvalue weighted by atomic mass is 10.0. The second kappa shape index (κ2) is 11.9. The lowest BCUT2D eigenvalue weighted by molar-refractivity contribution is -0.142. The third-order valence-electron chi connectivity index (χ3n) is 6.78. The minimum Gasteiger partial charge on any atom is -0.466 e. The van der Waals surface area contributed by atoms with Gasteiger partial charge in [0.25, 0.3) is 0 Å². The highest BCUT2D eigenvalue weighted by Gasteiger charge is 2.39. The van der Waals surface area contributed by atoms with Crippen LogP contribution in [0.3, 0.4) is 0 Å². The summed E-state index contributed by atoms with van der Waals surface area (Å²) < 4.78 is 17.2. The third-order valence-corrected chi connectivity index (χ3v) is 6.78. The highest BCUT2D eigenvalue weighted by molar-refractivity contribution is 5.73. The van der Waals surface area contributed by atoms with E-state index in [4.69, 9.17) is 19.9 Å². The molecule has 0 bridgehead atoms. The highest BCUT2D eigenvalue weighted by atomic mass is 16.6. The Bertz CT molecular complexity index is 1490.